The molecule has 1 aromatic rings. The summed E-state index contributed by atoms with van der Waals surface area (Å²) in [7, 11) is 0. The van der Waals surface area contributed by atoms with Crippen molar-refractivity contribution in [3.05, 3.63) is 16.7 Å². The lowest BCUT2D eigenvalue weighted by Gasteiger charge is -2.65. The highest BCUT2D eigenvalue weighted by Crippen LogP contribution is 2.66. The third-order valence-corrected chi connectivity index (χ3v) is 7.13. The fourth-order valence-corrected chi connectivity index (χ4v) is 5.56. The minimum atomic E-state index is -0.475. The number of Topliss-reactive ketones (excluding diaryl/α,β-unsaturated/α-hetero) is 1. The van der Waals surface area contributed by atoms with E-state index in [0.29, 0.717) is 24.2 Å². The summed E-state index contributed by atoms with van der Waals surface area (Å²) < 4.78 is 6.44. The molecule has 0 saturated heterocycles. The zero-order valence-electron chi connectivity index (χ0n) is 14.9. The Morgan fingerprint density at radius 1 is 1.24 bits per heavy atom. The summed E-state index contributed by atoms with van der Waals surface area (Å²) in [5.74, 6) is 0.304. The first-order valence-corrected chi connectivity index (χ1v) is 8.99. The van der Waals surface area contributed by atoms with Crippen molar-refractivity contribution in [3.63, 3.8) is 0 Å². The van der Waals surface area contributed by atoms with E-state index in [0.717, 1.165) is 31.6 Å². The standard InChI is InChI=1S/C20H24O5/c1-10(22)15-17(24)13(9-21)16(23)12-5-7-20(25-18(12)15)6-4-11-8-14(20)19(11,2)3/h9,11,14,23-24H,4-8H2,1-3H3/t11-,14+,20+/m0/s1. The summed E-state index contributed by atoms with van der Waals surface area (Å²) in [6.07, 6.45) is 4.84. The predicted molar refractivity (Wildman–Crippen MR) is 91.5 cm³/mol. The van der Waals surface area contributed by atoms with Gasteiger partial charge in [-0.1, -0.05) is 13.8 Å². The Hall–Kier alpha value is -2.04. The highest BCUT2D eigenvalue weighted by atomic mass is 16.5. The second-order valence-corrected chi connectivity index (χ2v) is 8.48. The van der Waals surface area contributed by atoms with E-state index >= 15 is 0 Å². The van der Waals surface area contributed by atoms with Gasteiger partial charge < -0.3 is 14.9 Å². The number of fused-ring (bicyclic) bond motifs is 2. The van der Waals surface area contributed by atoms with E-state index in [4.69, 9.17) is 4.74 Å². The molecule has 0 amide bonds. The number of aldehydes is 1. The van der Waals surface area contributed by atoms with E-state index < -0.39 is 5.75 Å². The van der Waals surface area contributed by atoms with E-state index in [2.05, 4.69) is 13.8 Å². The molecule has 1 spiro atoms. The summed E-state index contributed by atoms with van der Waals surface area (Å²) in [4.78, 5) is 23.4. The number of ketones is 1. The maximum Gasteiger partial charge on any atom is 0.167 e. The molecule has 0 aromatic heterocycles. The van der Waals surface area contributed by atoms with Crippen molar-refractivity contribution in [3.8, 4) is 17.2 Å². The van der Waals surface area contributed by atoms with Crippen LogP contribution in [0.1, 0.15) is 72.7 Å². The summed E-state index contributed by atoms with van der Waals surface area (Å²) in [6.45, 7) is 5.90. The maximum absolute atomic E-state index is 12.2. The van der Waals surface area contributed by atoms with E-state index in [1.54, 1.807) is 0 Å². The summed E-state index contributed by atoms with van der Waals surface area (Å²) in [6, 6.07) is 0. The SMILES string of the molecule is CC(=O)c1c(O)c(C=O)c(O)c2c1O[C@@]1(CC2)CC[C@H]2C[C@@H]1C2(C)C. The van der Waals surface area contributed by atoms with E-state index in [1.807, 2.05) is 0 Å². The smallest absolute Gasteiger partial charge is 0.167 e. The van der Waals surface area contributed by atoms with Gasteiger partial charge >= 0.3 is 0 Å². The van der Waals surface area contributed by atoms with Gasteiger partial charge in [-0.25, -0.2) is 0 Å². The average Bonchev–Trinajstić information content (AvgIpc) is 2.54. The van der Waals surface area contributed by atoms with E-state index in [1.165, 1.54) is 6.92 Å². The molecule has 0 unspecified atom stereocenters. The summed E-state index contributed by atoms with van der Waals surface area (Å²) >= 11 is 0. The molecule has 1 heterocycles. The minimum absolute atomic E-state index is 0.0215. The molecule has 3 aliphatic carbocycles. The van der Waals surface area contributed by atoms with Gasteiger partial charge in [0.15, 0.2) is 12.1 Å². The molecule has 4 aliphatic rings. The number of aromatic hydroxyl groups is 2. The van der Waals surface area contributed by atoms with Crippen LogP contribution in [0, 0.1) is 17.3 Å². The van der Waals surface area contributed by atoms with Gasteiger partial charge in [-0.2, -0.15) is 0 Å². The fraction of sp³-hybridized carbons (Fsp3) is 0.600. The Morgan fingerprint density at radius 2 is 1.96 bits per heavy atom. The third-order valence-electron chi connectivity index (χ3n) is 7.13. The van der Waals surface area contributed by atoms with Gasteiger partial charge in [0.05, 0.1) is 5.56 Å². The van der Waals surface area contributed by atoms with Crippen molar-refractivity contribution in [2.24, 2.45) is 17.3 Å². The van der Waals surface area contributed by atoms with Crippen LogP contribution in [0.4, 0.5) is 0 Å². The molecule has 3 atom stereocenters. The van der Waals surface area contributed by atoms with Crippen LogP contribution in [0.25, 0.3) is 0 Å². The Bertz CT molecular complexity index is 792. The molecule has 25 heavy (non-hydrogen) atoms. The Balaban J connectivity index is 1.86. The minimum Gasteiger partial charge on any atom is -0.507 e. The van der Waals surface area contributed by atoms with E-state index in [-0.39, 0.29) is 39.4 Å². The molecule has 5 heteroatoms. The van der Waals surface area contributed by atoms with Crippen LogP contribution in [-0.2, 0) is 6.42 Å². The van der Waals surface area contributed by atoms with Crippen LogP contribution in [-0.4, -0.2) is 27.9 Å². The Labute approximate surface area is 147 Å². The molecule has 2 N–H and O–H groups in total. The molecular weight excluding hydrogens is 320 g/mol. The lowest BCUT2D eigenvalue weighted by Crippen LogP contribution is -2.64. The number of hydrogen-bond donors (Lipinski definition) is 2. The van der Waals surface area contributed by atoms with Gasteiger partial charge in [-0.3, -0.25) is 9.59 Å². The molecule has 0 radical (unpaired) electrons. The van der Waals surface area contributed by atoms with Crippen LogP contribution < -0.4 is 4.74 Å². The second kappa shape index (κ2) is 4.99. The number of carbonyl (C=O) groups is 2. The lowest BCUT2D eigenvalue weighted by atomic mass is 9.43. The molecular formula is C20H24O5. The van der Waals surface area contributed by atoms with Gasteiger partial charge in [-0.05, 0) is 50.4 Å². The fourth-order valence-electron chi connectivity index (χ4n) is 5.56. The second-order valence-electron chi connectivity index (χ2n) is 8.48. The predicted octanol–water partition coefficient (Wildman–Crippen LogP) is 3.63. The van der Waals surface area contributed by atoms with Crippen molar-refractivity contribution in [2.75, 3.05) is 0 Å². The van der Waals surface area contributed by atoms with Crippen LogP contribution >= 0.6 is 0 Å². The normalized spacial score (nSPS) is 31.6. The topological polar surface area (TPSA) is 83.8 Å². The van der Waals surface area contributed by atoms with Crippen molar-refractivity contribution >= 4 is 12.1 Å². The van der Waals surface area contributed by atoms with Crippen molar-refractivity contribution in [1.29, 1.82) is 0 Å². The van der Waals surface area contributed by atoms with Crippen molar-refractivity contribution in [2.45, 2.75) is 58.5 Å². The molecule has 2 bridgehead atoms. The zero-order valence-corrected chi connectivity index (χ0v) is 14.9. The number of carbonyl (C=O) groups excluding carboxylic acids is 2. The summed E-state index contributed by atoms with van der Waals surface area (Å²) in [5, 5.41) is 20.8. The quantitative estimate of drug-likeness (QED) is 0.632. The van der Waals surface area contributed by atoms with Crippen LogP contribution in [0.15, 0.2) is 0 Å². The molecule has 1 aromatic carbocycles. The Kier molecular flexibility index (Phi) is 3.28. The highest BCUT2D eigenvalue weighted by molar-refractivity contribution is 6.04. The number of benzene rings is 1. The Morgan fingerprint density at radius 3 is 2.52 bits per heavy atom. The van der Waals surface area contributed by atoms with Gasteiger partial charge in [-0.15, -0.1) is 0 Å². The van der Waals surface area contributed by atoms with Crippen molar-refractivity contribution < 1.29 is 24.5 Å². The summed E-state index contributed by atoms with van der Waals surface area (Å²) in [5.41, 5.74) is 0.120. The van der Waals surface area contributed by atoms with Crippen LogP contribution in [0.5, 0.6) is 17.2 Å². The van der Waals surface area contributed by atoms with Gasteiger partial charge in [0.1, 0.15) is 28.4 Å². The van der Waals surface area contributed by atoms with Gasteiger partial charge in [0, 0.05) is 11.5 Å². The number of phenols is 2. The molecule has 5 nitrogen and oxygen atoms in total. The highest BCUT2D eigenvalue weighted by Gasteiger charge is 2.63. The molecule has 1 aliphatic heterocycles. The first-order valence-electron chi connectivity index (χ1n) is 8.99. The molecule has 3 saturated carbocycles. The van der Waals surface area contributed by atoms with Crippen molar-refractivity contribution in [1.82, 2.24) is 0 Å². The first-order chi connectivity index (χ1) is 11.7. The lowest BCUT2D eigenvalue weighted by molar-refractivity contribution is -0.195. The first kappa shape index (κ1) is 16.4. The number of phenolic OH excluding ortho intramolecular Hbond substituents is 2. The van der Waals surface area contributed by atoms with Crippen LogP contribution in [0.3, 0.4) is 0 Å². The van der Waals surface area contributed by atoms with E-state index in [9.17, 15) is 19.8 Å². The number of hydrogen-bond acceptors (Lipinski definition) is 5. The zero-order chi connectivity index (χ0) is 18.1. The third kappa shape index (κ3) is 1.95. The average molecular weight is 344 g/mol. The van der Waals surface area contributed by atoms with Gasteiger partial charge in [0.25, 0.3) is 0 Å². The van der Waals surface area contributed by atoms with Crippen LogP contribution in [0.2, 0.25) is 0 Å². The molecule has 5 rings (SSSR count). The monoisotopic (exact) mass is 344 g/mol. The van der Waals surface area contributed by atoms with Gasteiger partial charge in [0.2, 0.25) is 0 Å². The maximum atomic E-state index is 12.2. The number of ether oxygens (including phenoxy) is 1. The number of rotatable bonds is 2. The largest absolute Gasteiger partial charge is 0.507 e. The molecule has 3 fully saturated rings. The molecule has 134 valence electrons.